The van der Waals surface area contributed by atoms with E-state index in [-0.39, 0.29) is 5.43 Å². The molecule has 52 valence electrons. The Hall–Kier alpha value is -1.31. The molecule has 2 nitrogen and oxygen atoms in total. The van der Waals surface area contributed by atoms with E-state index in [1.165, 1.54) is 18.4 Å². The van der Waals surface area contributed by atoms with Gasteiger partial charge in [0.15, 0.2) is 5.43 Å². The molecule has 1 aromatic rings. The average Bonchev–Trinajstić information content (AvgIpc) is 1.88. The van der Waals surface area contributed by atoms with Crippen LogP contribution in [0.4, 0.5) is 0 Å². The lowest BCUT2D eigenvalue weighted by molar-refractivity contribution is 0.503. The Morgan fingerprint density at radius 3 is 3.10 bits per heavy atom. The molecule has 1 heterocycles. The summed E-state index contributed by atoms with van der Waals surface area (Å²) in [5, 5.41) is 0. The molecular weight excluding hydrogens is 128 g/mol. The summed E-state index contributed by atoms with van der Waals surface area (Å²) in [5.41, 5.74) is -0.0249. The Morgan fingerprint density at radius 2 is 2.50 bits per heavy atom. The molecule has 0 aromatic carbocycles. The minimum absolute atomic E-state index is 0.0249. The summed E-state index contributed by atoms with van der Waals surface area (Å²) in [6.07, 6.45) is 3.69. The normalized spacial score (nSPS) is 9.20. The van der Waals surface area contributed by atoms with Gasteiger partial charge in [-0.2, -0.15) is 0 Å². The third-order valence-corrected chi connectivity index (χ3v) is 1.10. The third-order valence-electron chi connectivity index (χ3n) is 1.10. The maximum Gasteiger partial charge on any atom is 0.185 e. The van der Waals surface area contributed by atoms with Crippen molar-refractivity contribution >= 4 is 0 Å². The lowest BCUT2D eigenvalue weighted by Gasteiger charge is -1.90. The highest BCUT2D eigenvalue weighted by molar-refractivity contribution is 5.02. The second kappa shape index (κ2) is 3.01. The second-order valence-electron chi connectivity index (χ2n) is 1.93. The highest BCUT2D eigenvalue weighted by Gasteiger charge is 1.90. The van der Waals surface area contributed by atoms with Crippen molar-refractivity contribution in [3.63, 3.8) is 0 Å². The maximum absolute atomic E-state index is 10.7. The van der Waals surface area contributed by atoms with Crippen molar-refractivity contribution in [2.45, 2.75) is 6.42 Å². The van der Waals surface area contributed by atoms with Gasteiger partial charge in [0.25, 0.3) is 0 Å². The minimum atomic E-state index is -0.0249. The van der Waals surface area contributed by atoms with Gasteiger partial charge in [-0.3, -0.25) is 4.79 Å². The lowest BCUT2D eigenvalue weighted by atomic mass is 10.3. The summed E-state index contributed by atoms with van der Waals surface area (Å²) < 4.78 is 4.98. The van der Waals surface area contributed by atoms with Crippen molar-refractivity contribution < 1.29 is 4.42 Å². The Labute approximate surface area is 58.8 Å². The number of rotatable bonds is 2. The summed E-state index contributed by atoms with van der Waals surface area (Å²) in [5.74, 6) is 0.655. The number of hydrogen-bond donors (Lipinski definition) is 0. The van der Waals surface area contributed by atoms with Gasteiger partial charge in [0.1, 0.15) is 5.76 Å². The van der Waals surface area contributed by atoms with Gasteiger partial charge in [0.05, 0.1) is 6.26 Å². The molecule has 0 N–H and O–H groups in total. The Morgan fingerprint density at radius 1 is 1.70 bits per heavy atom. The molecule has 0 aliphatic heterocycles. The highest BCUT2D eigenvalue weighted by Crippen LogP contribution is 1.94. The van der Waals surface area contributed by atoms with Crippen LogP contribution in [0.25, 0.3) is 0 Å². The Bertz CT molecular complexity index is 273. The van der Waals surface area contributed by atoms with Crippen LogP contribution in [0.2, 0.25) is 0 Å². The van der Waals surface area contributed by atoms with Crippen LogP contribution in [0.15, 0.2) is 40.3 Å². The quantitative estimate of drug-likeness (QED) is 0.575. The van der Waals surface area contributed by atoms with Crippen LogP contribution in [0.1, 0.15) is 5.76 Å². The van der Waals surface area contributed by atoms with Crippen molar-refractivity contribution in [3.8, 4) is 0 Å². The van der Waals surface area contributed by atoms with Gasteiger partial charge < -0.3 is 4.42 Å². The molecule has 0 aliphatic carbocycles. The Balaban J connectivity index is 2.95. The average molecular weight is 136 g/mol. The third kappa shape index (κ3) is 1.58. The van der Waals surface area contributed by atoms with E-state index in [2.05, 4.69) is 6.58 Å². The largest absolute Gasteiger partial charge is 0.469 e. The van der Waals surface area contributed by atoms with Gasteiger partial charge in [-0.1, -0.05) is 6.08 Å². The summed E-state index contributed by atoms with van der Waals surface area (Å²) in [6.45, 7) is 3.52. The molecule has 0 aliphatic rings. The van der Waals surface area contributed by atoms with Crippen LogP contribution in [0.5, 0.6) is 0 Å². The zero-order valence-corrected chi connectivity index (χ0v) is 5.54. The molecule has 1 aromatic heterocycles. The van der Waals surface area contributed by atoms with Crippen molar-refractivity contribution in [2.24, 2.45) is 0 Å². The van der Waals surface area contributed by atoms with E-state index in [0.29, 0.717) is 12.2 Å². The van der Waals surface area contributed by atoms with E-state index in [9.17, 15) is 4.79 Å². The molecule has 0 atom stereocenters. The van der Waals surface area contributed by atoms with Crippen LogP contribution < -0.4 is 5.43 Å². The predicted molar refractivity (Wildman–Crippen MR) is 38.9 cm³/mol. The zero-order valence-electron chi connectivity index (χ0n) is 5.54. The van der Waals surface area contributed by atoms with E-state index in [4.69, 9.17) is 4.42 Å². The van der Waals surface area contributed by atoms with Crippen molar-refractivity contribution in [1.29, 1.82) is 0 Å². The van der Waals surface area contributed by atoms with Crippen molar-refractivity contribution in [1.82, 2.24) is 0 Å². The molecule has 0 saturated carbocycles. The van der Waals surface area contributed by atoms with Gasteiger partial charge in [-0.15, -0.1) is 6.58 Å². The SMILES string of the molecule is C=CCc1cc(=O)cco1. The van der Waals surface area contributed by atoms with Crippen LogP contribution in [-0.2, 0) is 6.42 Å². The van der Waals surface area contributed by atoms with Crippen LogP contribution in [0.3, 0.4) is 0 Å². The fourth-order valence-electron chi connectivity index (χ4n) is 0.679. The zero-order chi connectivity index (χ0) is 7.40. The first-order chi connectivity index (χ1) is 4.83. The second-order valence-corrected chi connectivity index (χ2v) is 1.93. The first kappa shape index (κ1) is 6.81. The number of hydrogen-bond acceptors (Lipinski definition) is 2. The van der Waals surface area contributed by atoms with E-state index in [1.807, 2.05) is 0 Å². The topological polar surface area (TPSA) is 30.2 Å². The molecule has 0 unspecified atom stereocenters. The van der Waals surface area contributed by atoms with Crippen molar-refractivity contribution in [3.05, 3.63) is 47.0 Å². The molecule has 0 amide bonds. The standard InChI is InChI=1S/C8H8O2/c1-2-3-8-6-7(9)4-5-10-8/h2,4-6H,1,3H2. The Kier molecular flexibility index (Phi) is 2.05. The van der Waals surface area contributed by atoms with E-state index in [1.54, 1.807) is 6.08 Å². The van der Waals surface area contributed by atoms with Gasteiger partial charge in [0.2, 0.25) is 0 Å². The fourth-order valence-corrected chi connectivity index (χ4v) is 0.679. The summed E-state index contributed by atoms with van der Waals surface area (Å²) in [7, 11) is 0. The summed E-state index contributed by atoms with van der Waals surface area (Å²) >= 11 is 0. The fraction of sp³-hybridized carbons (Fsp3) is 0.125. The van der Waals surface area contributed by atoms with Crippen molar-refractivity contribution in [2.75, 3.05) is 0 Å². The molecule has 0 bridgehead atoms. The maximum atomic E-state index is 10.7. The molecule has 2 heteroatoms. The van der Waals surface area contributed by atoms with Gasteiger partial charge in [0, 0.05) is 18.6 Å². The smallest absolute Gasteiger partial charge is 0.185 e. The highest BCUT2D eigenvalue weighted by atomic mass is 16.3. The molecule has 1 rings (SSSR count). The van der Waals surface area contributed by atoms with Gasteiger partial charge in [-0.05, 0) is 0 Å². The number of allylic oxidation sites excluding steroid dienone is 1. The lowest BCUT2D eigenvalue weighted by Crippen LogP contribution is -1.96. The molecule has 0 spiro atoms. The first-order valence-corrected chi connectivity index (χ1v) is 3.01. The molecule has 10 heavy (non-hydrogen) atoms. The van der Waals surface area contributed by atoms with Gasteiger partial charge >= 0.3 is 0 Å². The summed E-state index contributed by atoms with van der Waals surface area (Å²) in [4.78, 5) is 10.7. The predicted octanol–water partition coefficient (Wildman–Crippen LogP) is 1.37. The molecular formula is C8H8O2. The van der Waals surface area contributed by atoms with Crippen LogP contribution in [-0.4, -0.2) is 0 Å². The molecule has 0 radical (unpaired) electrons. The first-order valence-electron chi connectivity index (χ1n) is 3.01. The van der Waals surface area contributed by atoms with Crippen LogP contribution >= 0.6 is 0 Å². The van der Waals surface area contributed by atoms with Gasteiger partial charge in [-0.25, -0.2) is 0 Å². The van der Waals surface area contributed by atoms with Crippen LogP contribution in [0, 0.1) is 0 Å². The van der Waals surface area contributed by atoms with E-state index < -0.39 is 0 Å². The molecule has 0 fully saturated rings. The van der Waals surface area contributed by atoms with E-state index >= 15 is 0 Å². The monoisotopic (exact) mass is 136 g/mol. The van der Waals surface area contributed by atoms with E-state index in [0.717, 1.165) is 0 Å². The summed E-state index contributed by atoms with van der Waals surface area (Å²) in [6, 6.07) is 2.84. The molecule has 0 saturated heterocycles. The minimum Gasteiger partial charge on any atom is -0.469 e.